The Labute approximate surface area is 52.6 Å². The summed E-state index contributed by atoms with van der Waals surface area (Å²) in [5.74, 6) is 5.56. The van der Waals surface area contributed by atoms with Crippen LogP contribution in [0.15, 0.2) is 24.3 Å². The number of aromatic hydroxyl groups is 1. The predicted molar refractivity (Wildman–Crippen MR) is 32.9 cm³/mol. The van der Waals surface area contributed by atoms with E-state index in [1.165, 1.54) is 12.1 Å². The molecule has 0 atom stereocenters. The quantitative estimate of drug-likeness (QED) is 0.541. The molecule has 0 amide bonds. The number of phenolic OH excluding ortho intramolecular Hbond substituents is 1. The van der Waals surface area contributed by atoms with E-state index >= 15 is 0 Å². The van der Waals surface area contributed by atoms with Crippen molar-refractivity contribution in [2.24, 2.45) is 5.90 Å². The lowest BCUT2D eigenvalue weighted by molar-refractivity contribution is 0.333. The van der Waals surface area contributed by atoms with Gasteiger partial charge in [-0.25, -0.2) is 0 Å². The fourth-order valence-electron chi connectivity index (χ4n) is 0.525. The van der Waals surface area contributed by atoms with E-state index in [9.17, 15) is 0 Å². The Bertz CT molecular complexity index is 183. The molecule has 0 saturated carbocycles. The van der Waals surface area contributed by atoms with Gasteiger partial charge in [-0.1, -0.05) is 0 Å². The summed E-state index contributed by atoms with van der Waals surface area (Å²) in [6.07, 6.45) is 0. The largest absolute Gasteiger partial charge is 0.508 e. The summed E-state index contributed by atoms with van der Waals surface area (Å²) >= 11 is 0. The first-order valence-corrected chi connectivity index (χ1v) is 2.48. The molecule has 0 radical (unpaired) electrons. The minimum atomic E-state index is 0.204. The van der Waals surface area contributed by atoms with Gasteiger partial charge in [-0.05, 0) is 24.3 Å². The van der Waals surface area contributed by atoms with E-state index in [1.807, 2.05) is 0 Å². The SMILES string of the molecule is NOc1ccc(O)cc1. The van der Waals surface area contributed by atoms with Gasteiger partial charge in [0.2, 0.25) is 0 Å². The van der Waals surface area contributed by atoms with Crippen molar-refractivity contribution < 1.29 is 9.94 Å². The van der Waals surface area contributed by atoms with Crippen LogP contribution in [0.25, 0.3) is 0 Å². The molecule has 0 unspecified atom stereocenters. The minimum Gasteiger partial charge on any atom is -0.508 e. The molecule has 0 saturated heterocycles. The maximum absolute atomic E-state index is 8.76. The molecule has 3 N–H and O–H groups in total. The summed E-state index contributed by atoms with van der Waals surface area (Å²) in [5, 5.41) is 8.76. The Morgan fingerprint density at radius 2 is 1.78 bits per heavy atom. The Morgan fingerprint density at radius 1 is 1.22 bits per heavy atom. The average molecular weight is 125 g/mol. The molecular formula is C6H7NO2. The predicted octanol–water partition coefficient (Wildman–Crippen LogP) is 0.645. The maximum Gasteiger partial charge on any atom is 0.147 e. The van der Waals surface area contributed by atoms with Crippen molar-refractivity contribution in [1.82, 2.24) is 0 Å². The summed E-state index contributed by atoms with van der Waals surface area (Å²) in [5.41, 5.74) is 0. The third-order valence-electron chi connectivity index (χ3n) is 0.973. The molecular weight excluding hydrogens is 118 g/mol. The zero-order valence-corrected chi connectivity index (χ0v) is 4.74. The van der Waals surface area contributed by atoms with Gasteiger partial charge in [-0.3, -0.25) is 0 Å². The van der Waals surface area contributed by atoms with Crippen LogP contribution in [-0.2, 0) is 0 Å². The molecule has 0 bridgehead atoms. The molecule has 3 heteroatoms. The van der Waals surface area contributed by atoms with Crippen molar-refractivity contribution in [2.75, 3.05) is 0 Å². The molecule has 1 aromatic rings. The highest BCUT2D eigenvalue weighted by Crippen LogP contribution is 2.13. The summed E-state index contributed by atoms with van der Waals surface area (Å²) in [4.78, 5) is 4.36. The number of nitrogens with two attached hydrogens (primary N) is 1. The lowest BCUT2D eigenvalue weighted by atomic mass is 10.3. The first-order chi connectivity index (χ1) is 4.33. The van der Waals surface area contributed by atoms with E-state index in [0.717, 1.165) is 0 Å². The van der Waals surface area contributed by atoms with Crippen molar-refractivity contribution in [1.29, 1.82) is 0 Å². The second kappa shape index (κ2) is 2.37. The highest BCUT2D eigenvalue weighted by Gasteiger charge is 1.88. The fraction of sp³-hybridized carbons (Fsp3) is 0. The molecule has 0 fully saturated rings. The van der Waals surface area contributed by atoms with Crippen molar-refractivity contribution in [3.05, 3.63) is 24.3 Å². The van der Waals surface area contributed by atoms with E-state index in [1.54, 1.807) is 12.1 Å². The van der Waals surface area contributed by atoms with Crippen LogP contribution in [0, 0.1) is 0 Å². The highest BCUT2D eigenvalue weighted by atomic mass is 16.6. The normalized spacial score (nSPS) is 9.00. The first kappa shape index (κ1) is 5.91. The summed E-state index contributed by atoms with van der Waals surface area (Å²) in [7, 11) is 0. The van der Waals surface area contributed by atoms with Gasteiger partial charge in [0, 0.05) is 0 Å². The minimum absolute atomic E-state index is 0.204. The molecule has 48 valence electrons. The fourth-order valence-corrected chi connectivity index (χ4v) is 0.525. The second-order valence-electron chi connectivity index (χ2n) is 1.61. The van der Waals surface area contributed by atoms with E-state index < -0.39 is 0 Å². The highest BCUT2D eigenvalue weighted by molar-refractivity contribution is 5.29. The summed E-state index contributed by atoms with van der Waals surface area (Å²) < 4.78 is 0. The molecule has 0 aliphatic heterocycles. The van der Waals surface area contributed by atoms with Crippen molar-refractivity contribution in [2.45, 2.75) is 0 Å². The van der Waals surface area contributed by atoms with Crippen LogP contribution in [0.5, 0.6) is 11.5 Å². The lowest BCUT2D eigenvalue weighted by Gasteiger charge is -1.95. The Hall–Kier alpha value is -1.22. The Balaban J connectivity index is 2.88. The van der Waals surface area contributed by atoms with Crippen LogP contribution in [0.3, 0.4) is 0 Å². The van der Waals surface area contributed by atoms with Crippen molar-refractivity contribution >= 4 is 0 Å². The molecule has 9 heavy (non-hydrogen) atoms. The van der Waals surface area contributed by atoms with E-state index in [4.69, 9.17) is 11.0 Å². The second-order valence-corrected chi connectivity index (χ2v) is 1.61. The smallest absolute Gasteiger partial charge is 0.147 e. The molecule has 1 aromatic carbocycles. The van der Waals surface area contributed by atoms with Gasteiger partial charge in [0.1, 0.15) is 11.5 Å². The molecule has 0 aliphatic rings. The van der Waals surface area contributed by atoms with Gasteiger partial charge in [0.15, 0.2) is 0 Å². The van der Waals surface area contributed by atoms with Gasteiger partial charge in [0.05, 0.1) is 0 Å². The Kier molecular flexibility index (Phi) is 1.55. The monoisotopic (exact) mass is 125 g/mol. The van der Waals surface area contributed by atoms with Crippen LogP contribution in [0.4, 0.5) is 0 Å². The van der Waals surface area contributed by atoms with Gasteiger partial charge in [-0.2, -0.15) is 5.90 Å². The first-order valence-electron chi connectivity index (χ1n) is 2.48. The van der Waals surface area contributed by atoms with E-state index in [0.29, 0.717) is 5.75 Å². The molecule has 3 nitrogen and oxygen atoms in total. The summed E-state index contributed by atoms with van der Waals surface area (Å²) in [6, 6.07) is 6.16. The Morgan fingerprint density at radius 3 is 2.22 bits per heavy atom. The standard InChI is InChI=1S/C6H7NO2/c7-9-6-3-1-5(8)2-4-6/h1-4,8H,7H2. The number of rotatable bonds is 1. The van der Waals surface area contributed by atoms with Gasteiger partial charge >= 0.3 is 0 Å². The topological polar surface area (TPSA) is 55.5 Å². The summed E-state index contributed by atoms with van der Waals surface area (Å²) in [6.45, 7) is 0. The van der Waals surface area contributed by atoms with Crippen LogP contribution >= 0.6 is 0 Å². The number of hydrogen-bond acceptors (Lipinski definition) is 3. The number of benzene rings is 1. The van der Waals surface area contributed by atoms with Crippen LogP contribution in [0.2, 0.25) is 0 Å². The lowest BCUT2D eigenvalue weighted by Crippen LogP contribution is -2.00. The average Bonchev–Trinajstić information content (AvgIpc) is 1.90. The molecule has 0 aromatic heterocycles. The molecule has 0 aliphatic carbocycles. The van der Waals surface area contributed by atoms with Crippen molar-refractivity contribution in [3.63, 3.8) is 0 Å². The molecule has 1 rings (SSSR count). The van der Waals surface area contributed by atoms with E-state index in [-0.39, 0.29) is 5.75 Å². The van der Waals surface area contributed by atoms with Crippen LogP contribution in [-0.4, -0.2) is 5.11 Å². The zero-order valence-electron chi connectivity index (χ0n) is 4.74. The third kappa shape index (κ3) is 1.33. The molecule has 0 spiro atoms. The zero-order chi connectivity index (χ0) is 6.69. The maximum atomic E-state index is 8.76. The number of hydrogen-bond donors (Lipinski definition) is 2. The molecule has 0 heterocycles. The van der Waals surface area contributed by atoms with Crippen LogP contribution < -0.4 is 10.7 Å². The van der Waals surface area contributed by atoms with Crippen LogP contribution in [0.1, 0.15) is 0 Å². The third-order valence-corrected chi connectivity index (χ3v) is 0.973. The van der Waals surface area contributed by atoms with Gasteiger partial charge in [0.25, 0.3) is 0 Å². The van der Waals surface area contributed by atoms with Gasteiger partial charge in [-0.15, -0.1) is 0 Å². The van der Waals surface area contributed by atoms with Gasteiger partial charge < -0.3 is 9.94 Å². The van der Waals surface area contributed by atoms with E-state index in [2.05, 4.69) is 4.84 Å². The number of phenols is 1. The van der Waals surface area contributed by atoms with Crippen molar-refractivity contribution in [3.8, 4) is 11.5 Å².